The summed E-state index contributed by atoms with van der Waals surface area (Å²) in [4.78, 5) is 4.12. The average Bonchev–Trinajstić information content (AvgIpc) is 2.81. The van der Waals surface area contributed by atoms with Crippen molar-refractivity contribution in [3.05, 3.63) is 32.8 Å². The van der Waals surface area contributed by atoms with Gasteiger partial charge in [-0.3, -0.25) is 0 Å². The monoisotopic (exact) mass is 290 g/mol. The highest BCUT2D eigenvalue weighted by Gasteiger charge is 2.07. The first-order valence-corrected chi connectivity index (χ1v) is 6.03. The van der Waals surface area contributed by atoms with Crippen LogP contribution in [-0.4, -0.2) is 25.3 Å². The van der Waals surface area contributed by atoms with Crippen molar-refractivity contribution in [1.29, 1.82) is 0 Å². The Labute approximate surface area is 114 Å². The van der Waals surface area contributed by atoms with Gasteiger partial charge in [0.1, 0.15) is 0 Å². The lowest BCUT2D eigenvalue weighted by Crippen LogP contribution is -2.30. The van der Waals surface area contributed by atoms with Crippen LogP contribution in [0, 0.1) is 0 Å². The molecule has 0 saturated heterocycles. The number of aliphatic imine (C=N–C) groups is 1. The summed E-state index contributed by atoms with van der Waals surface area (Å²) in [5.74, 6) is 0.635. The van der Waals surface area contributed by atoms with Crippen molar-refractivity contribution in [2.75, 3.05) is 13.1 Å². The van der Waals surface area contributed by atoms with Crippen LogP contribution in [-0.2, 0) is 0 Å². The van der Waals surface area contributed by atoms with Crippen LogP contribution in [0.25, 0.3) is 0 Å². The van der Waals surface area contributed by atoms with E-state index in [0.717, 1.165) is 13.1 Å². The van der Waals surface area contributed by atoms with Crippen molar-refractivity contribution < 1.29 is 0 Å². The van der Waals surface area contributed by atoms with Crippen LogP contribution in [0.4, 0.5) is 0 Å². The van der Waals surface area contributed by atoms with Crippen molar-refractivity contribution >= 4 is 47.0 Å². The van der Waals surface area contributed by atoms with Gasteiger partial charge in [-0.15, -0.1) is 0 Å². The van der Waals surface area contributed by atoms with E-state index in [9.17, 15) is 0 Å². The van der Waals surface area contributed by atoms with Gasteiger partial charge in [0, 0.05) is 12.1 Å². The standard InChI is InChI=1S/C10H9Cl3N4/c11-7-1-2-8(12)9(13)6(7)5-16-17-10-14-3-4-15-10/h1-2,5H,3-4H2,(H2,14,15,17). The minimum atomic E-state index is 0.381. The van der Waals surface area contributed by atoms with Gasteiger partial charge in [0.15, 0.2) is 0 Å². The summed E-state index contributed by atoms with van der Waals surface area (Å²) >= 11 is 17.9. The first-order valence-electron chi connectivity index (χ1n) is 4.89. The van der Waals surface area contributed by atoms with E-state index in [1.165, 1.54) is 6.21 Å². The number of benzene rings is 1. The second-order valence-corrected chi connectivity index (χ2v) is 4.48. The molecule has 0 aromatic heterocycles. The van der Waals surface area contributed by atoms with E-state index in [1.54, 1.807) is 12.1 Å². The molecule has 7 heteroatoms. The Bertz CT molecular complexity index is 485. The molecule has 0 atom stereocenters. The molecule has 90 valence electrons. The van der Waals surface area contributed by atoms with Crippen LogP contribution < -0.4 is 10.7 Å². The van der Waals surface area contributed by atoms with Gasteiger partial charge in [-0.1, -0.05) is 34.8 Å². The number of hydrogen-bond donors (Lipinski definition) is 2. The van der Waals surface area contributed by atoms with Crippen LogP contribution in [0.5, 0.6) is 0 Å². The summed E-state index contributed by atoms with van der Waals surface area (Å²) in [5, 5.41) is 8.32. The van der Waals surface area contributed by atoms with Crippen LogP contribution in [0.15, 0.2) is 22.2 Å². The highest BCUT2D eigenvalue weighted by Crippen LogP contribution is 2.29. The third-order valence-electron chi connectivity index (χ3n) is 2.12. The number of guanidine groups is 1. The zero-order valence-corrected chi connectivity index (χ0v) is 10.9. The molecule has 2 rings (SSSR count). The van der Waals surface area contributed by atoms with Crippen molar-refractivity contribution in [3.63, 3.8) is 0 Å². The molecular formula is C10H9Cl3N4. The molecule has 0 radical (unpaired) electrons. The molecule has 0 bridgehead atoms. The Morgan fingerprint density at radius 2 is 2.06 bits per heavy atom. The highest BCUT2D eigenvalue weighted by molar-refractivity contribution is 6.45. The number of hydrogen-bond acceptors (Lipinski definition) is 4. The molecule has 0 fully saturated rings. The van der Waals surface area contributed by atoms with E-state index in [-0.39, 0.29) is 0 Å². The fourth-order valence-electron chi connectivity index (χ4n) is 1.29. The van der Waals surface area contributed by atoms with Crippen LogP contribution in [0.2, 0.25) is 15.1 Å². The second-order valence-electron chi connectivity index (χ2n) is 3.28. The van der Waals surface area contributed by atoms with E-state index in [1.807, 2.05) is 0 Å². The van der Waals surface area contributed by atoms with Gasteiger partial charge in [-0.25, -0.2) is 10.4 Å². The third kappa shape index (κ3) is 3.03. The summed E-state index contributed by atoms with van der Waals surface area (Å²) in [5.41, 5.74) is 3.33. The highest BCUT2D eigenvalue weighted by atomic mass is 35.5. The minimum Gasteiger partial charge on any atom is -0.353 e. The van der Waals surface area contributed by atoms with Gasteiger partial charge in [-0.05, 0) is 12.1 Å². The molecule has 17 heavy (non-hydrogen) atoms. The third-order valence-corrected chi connectivity index (χ3v) is 3.27. The maximum Gasteiger partial charge on any atom is 0.212 e. The van der Waals surface area contributed by atoms with E-state index in [2.05, 4.69) is 20.8 Å². The van der Waals surface area contributed by atoms with E-state index < -0.39 is 0 Å². The second kappa shape index (κ2) is 5.58. The Morgan fingerprint density at radius 1 is 1.29 bits per heavy atom. The molecule has 1 aromatic rings. The summed E-state index contributed by atoms with van der Waals surface area (Å²) in [6.45, 7) is 1.56. The Hall–Kier alpha value is -0.970. The summed E-state index contributed by atoms with van der Waals surface area (Å²) in [6, 6.07) is 3.31. The molecule has 1 aliphatic rings. The topological polar surface area (TPSA) is 48.8 Å². The number of nitrogens with zero attached hydrogens (tertiary/aromatic N) is 2. The maximum atomic E-state index is 6.01. The Morgan fingerprint density at radius 3 is 2.76 bits per heavy atom. The van der Waals surface area contributed by atoms with Crippen molar-refractivity contribution in [2.45, 2.75) is 0 Å². The number of hydrazone groups is 1. The first-order chi connectivity index (χ1) is 8.18. The molecule has 1 heterocycles. The van der Waals surface area contributed by atoms with E-state index in [4.69, 9.17) is 34.8 Å². The predicted molar refractivity (Wildman–Crippen MR) is 72.5 cm³/mol. The number of rotatable bonds is 2. The van der Waals surface area contributed by atoms with E-state index >= 15 is 0 Å². The minimum absolute atomic E-state index is 0.381. The molecule has 1 aliphatic heterocycles. The first kappa shape index (κ1) is 12.5. The fourth-order valence-corrected chi connectivity index (χ4v) is 1.92. The molecule has 0 amide bonds. The normalized spacial score (nSPS) is 14.9. The van der Waals surface area contributed by atoms with Gasteiger partial charge in [0.2, 0.25) is 5.96 Å². The molecule has 0 unspecified atom stereocenters. The summed E-state index contributed by atoms with van der Waals surface area (Å²) < 4.78 is 0. The molecule has 1 aromatic carbocycles. The molecule has 0 aliphatic carbocycles. The Kier molecular flexibility index (Phi) is 4.10. The molecule has 2 N–H and O–H groups in total. The van der Waals surface area contributed by atoms with Crippen LogP contribution in [0.1, 0.15) is 5.56 Å². The largest absolute Gasteiger partial charge is 0.353 e. The molecule has 0 saturated carbocycles. The Balaban J connectivity index is 2.12. The number of nitrogens with one attached hydrogen (secondary N) is 2. The number of halogens is 3. The van der Waals surface area contributed by atoms with Gasteiger partial charge >= 0.3 is 0 Å². The van der Waals surface area contributed by atoms with Crippen LogP contribution >= 0.6 is 34.8 Å². The SMILES string of the molecule is Clc1ccc(Cl)c(C=NNC2=NCCN2)c1Cl. The lowest BCUT2D eigenvalue weighted by Gasteiger charge is -2.03. The average molecular weight is 292 g/mol. The maximum absolute atomic E-state index is 6.01. The lowest BCUT2D eigenvalue weighted by atomic mass is 10.2. The zero-order chi connectivity index (χ0) is 12.3. The van der Waals surface area contributed by atoms with Crippen molar-refractivity contribution in [3.8, 4) is 0 Å². The smallest absolute Gasteiger partial charge is 0.212 e. The lowest BCUT2D eigenvalue weighted by molar-refractivity contribution is 0.920. The van der Waals surface area contributed by atoms with Crippen molar-refractivity contribution in [2.24, 2.45) is 10.1 Å². The van der Waals surface area contributed by atoms with Crippen molar-refractivity contribution in [1.82, 2.24) is 10.7 Å². The van der Waals surface area contributed by atoms with Gasteiger partial charge in [0.25, 0.3) is 0 Å². The van der Waals surface area contributed by atoms with Gasteiger partial charge in [0.05, 0.1) is 27.8 Å². The van der Waals surface area contributed by atoms with Gasteiger partial charge < -0.3 is 5.32 Å². The quantitative estimate of drug-likeness (QED) is 0.500. The molecular weight excluding hydrogens is 282 g/mol. The van der Waals surface area contributed by atoms with Gasteiger partial charge in [-0.2, -0.15) is 5.10 Å². The fraction of sp³-hybridized carbons (Fsp3) is 0.200. The zero-order valence-electron chi connectivity index (χ0n) is 8.67. The summed E-state index contributed by atoms with van der Waals surface area (Å²) in [6.07, 6.45) is 1.51. The van der Waals surface area contributed by atoms with E-state index in [0.29, 0.717) is 26.6 Å². The summed E-state index contributed by atoms with van der Waals surface area (Å²) in [7, 11) is 0. The van der Waals surface area contributed by atoms with Crippen LogP contribution in [0.3, 0.4) is 0 Å². The molecule has 4 nitrogen and oxygen atoms in total. The predicted octanol–water partition coefficient (Wildman–Crippen LogP) is 2.53. The molecule has 0 spiro atoms.